The van der Waals surface area contributed by atoms with Crippen LogP contribution in [0.2, 0.25) is 0 Å². The summed E-state index contributed by atoms with van der Waals surface area (Å²) in [5.74, 6) is 0.859. The van der Waals surface area contributed by atoms with Crippen molar-refractivity contribution in [1.29, 1.82) is 0 Å². The number of aliphatic imine (C=N–C) groups is 1. The second kappa shape index (κ2) is 12.8. The monoisotopic (exact) mass is 503 g/mol. The molecular weight excluding hydrogens is 469 g/mol. The molecule has 0 bridgehead atoms. The van der Waals surface area contributed by atoms with E-state index in [0.29, 0.717) is 24.3 Å². The number of carbonyl (C=O) groups excluding carboxylic acids is 1. The highest BCUT2D eigenvalue weighted by atomic mass is 127. The Morgan fingerprint density at radius 1 is 1.25 bits per heavy atom. The van der Waals surface area contributed by atoms with E-state index in [-0.39, 0.29) is 24.0 Å². The van der Waals surface area contributed by atoms with Gasteiger partial charge in [0.2, 0.25) is 0 Å². The number of anilines is 1. The summed E-state index contributed by atoms with van der Waals surface area (Å²) in [5, 5.41) is 9.55. The Morgan fingerprint density at radius 2 is 1.89 bits per heavy atom. The van der Waals surface area contributed by atoms with E-state index in [2.05, 4.69) is 46.4 Å². The fraction of sp³-hybridized carbons (Fsp3) is 0.600. The van der Waals surface area contributed by atoms with Crippen LogP contribution in [0.3, 0.4) is 0 Å². The zero-order valence-corrected chi connectivity index (χ0v) is 19.7. The van der Waals surface area contributed by atoms with Crippen LogP contribution >= 0.6 is 24.0 Å². The van der Waals surface area contributed by atoms with Crippen LogP contribution in [0.5, 0.6) is 0 Å². The first-order chi connectivity index (χ1) is 13.0. The average molecular weight is 503 g/mol. The lowest BCUT2D eigenvalue weighted by molar-refractivity contribution is 0.167. The number of hydrogen-bond donors (Lipinski definition) is 3. The Hall–Kier alpha value is -1.55. The zero-order valence-electron chi connectivity index (χ0n) is 17.3. The molecule has 3 N–H and O–H groups in total. The van der Waals surface area contributed by atoms with Crippen molar-refractivity contribution in [1.82, 2.24) is 15.5 Å². The number of guanidine groups is 1. The third-order valence-corrected chi connectivity index (χ3v) is 4.75. The van der Waals surface area contributed by atoms with E-state index in [4.69, 9.17) is 4.99 Å². The van der Waals surface area contributed by atoms with Crippen LogP contribution < -0.4 is 16.0 Å². The molecule has 0 aromatic heterocycles. The largest absolute Gasteiger partial charge is 0.453 e. The van der Waals surface area contributed by atoms with Gasteiger partial charge in [0.15, 0.2) is 5.96 Å². The van der Waals surface area contributed by atoms with Gasteiger partial charge in [-0.05, 0) is 51.3 Å². The number of methoxy groups -OCH3 is 1. The van der Waals surface area contributed by atoms with Crippen molar-refractivity contribution in [2.24, 2.45) is 4.99 Å². The normalized spacial score (nSPS) is 15.7. The van der Waals surface area contributed by atoms with Crippen LogP contribution in [0.4, 0.5) is 10.5 Å². The topological polar surface area (TPSA) is 78.0 Å². The molecule has 0 spiro atoms. The Kier molecular flexibility index (Phi) is 11.2. The molecule has 2 rings (SSSR count). The van der Waals surface area contributed by atoms with Crippen molar-refractivity contribution >= 4 is 41.7 Å². The molecule has 158 valence electrons. The van der Waals surface area contributed by atoms with E-state index in [1.54, 1.807) is 0 Å². The van der Waals surface area contributed by atoms with Crippen molar-refractivity contribution < 1.29 is 9.53 Å². The molecule has 0 saturated carbocycles. The number of amides is 1. The standard InChI is InChI=1S/C20H33N5O2.HI/c1-5-21-19(23-18-10-12-25(13-11-18)15(2)3)22-14-16-6-8-17(9-7-16)24-20(26)27-4;/h6-9,15,18H,5,10-14H2,1-4H3,(H,24,26)(H2,21,22,23);1H. The smallest absolute Gasteiger partial charge is 0.411 e. The molecule has 0 atom stereocenters. The molecular formula is C20H34IN5O2. The molecule has 1 saturated heterocycles. The van der Waals surface area contributed by atoms with Gasteiger partial charge in [-0.25, -0.2) is 9.79 Å². The maximum absolute atomic E-state index is 11.2. The number of nitrogens with zero attached hydrogens (tertiary/aromatic N) is 2. The first-order valence-electron chi connectivity index (χ1n) is 9.74. The summed E-state index contributed by atoms with van der Waals surface area (Å²) in [7, 11) is 1.35. The lowest BCUT2D eigenvalue weighted by Crippen LogP contribution is -2.49. The summed E-state index contributed by atoms with van der Waals surface area (Å²) in [4.78, 5) is 18.5. The number of nitrogens with one attached hydrogen (secondary N) is 3. The summed E-state index contributed by atoms with van der Waals surface area (Å²) < 4.78 is 4.59. The van der Waals surface area contributed by atoms with Gasteiger partial charge in [0, 0.05) is 37.4 Å². The first kappa shape index (κ1) is 24.5. The number of benzene rings is 1. The van der Waals surface area contributed by atoms with Crippen LogP contribution in [0.25, 0.3) is 0 Å². The summed E-state index contributed by atoms with van der Waals surface area (Å²) >= 11 is 0. The summed E-state index contributed by atoms with van der Waals surface area (Å²) in [6, 6.07) is 8.70. The number of ether oxygens (including phenoxy) is 1. The Labute approximate surface area is 185 Å². The van der Waals surface area contributed by atoms with Gasteiger partial charge in [-0.3, -0.25) is 5.32 Å². The molecule has 1 aliphatic heterocycles. The molecule has 28 heavy (non-hydrogen) atoms. The average Bonchev–Trinajstić information content (AvgIpc) is 2.67. The molecule has 1 aromatic carbocycles. The second-order valence-electron chi connectivity index (χ2n) is 7.06. The van der Waals surface area contributed by atoms with E-state index in [0.717, 1.165) is 44.0 Å². The number of hydrogen-bond acceptors (Lipinski definition) is 4. The minimum absolute atomic E-state index is 0. The van der Waals surface area contributed by atoms with Gasteiger partial charge in [0.05, 0.1) is 13.7 Å². The van der Waals surface area contributed by atoms with Crippen molar-refractivity contribution in [2.75, 3.05) is 32.1 Å². The molecule has 1 amide bonds. The number of likely N-dealkylation sites (tertiary alicyclic amines) is 1. The lowest BCUT2D eigenvalue weighted by Gasteiger charge is -2.35. The third kappa shape index (κ3) is 8.22. The van der Waals surface area contributed by atoms with Gasteiger partial charge in [0.1, 0.15) is 0 Å². The quantitative estimate of drug-likeness (QED) is 0.315. The van der Waals surface area contributed by atoms with Gasteiger partial charge in [-0.2, -0.15) is 0 Å². The van der Waals surface area contributed by atoms with E-state index in [1.807, 2.05) is 24.3 Å². The molecule has 7 nitrogen and oxygen atoms in total. The molecule has 0 unspecified atom stereocenters. The van der Waals surface area contributed by atoms with Gasteiger partial charge in [-0.1, -0.05) is 12.1 Å². The number of piperidine rings is 1. The second-order valence-corrected chi connectivity index (χ2v) is 7.06. The Balaban J connectivity index is 0.00000392. The summed E-state index contributed by atoms with van der Waals surface area (Å²) in [6.07, 6.45) is 1.80. The molecule has 1 heterocycles. The maximum atomic E-state index is 11.2. The van der Waals surface area contributed by atoms with Crippen molar-refractivity contribution in [2.45, 2.75) is 52.2 Å². The predicted octanol–water partition coefficient (Wildman–Crippen LogP) is 3.41. The molecule has 0 aliphatic carbocycles. The molecule has 0 radical (unpaired) electrons. The van der Waals surface area contributed by atoms with Crippen molar-refractivity contribution in [3.05, 3.63) is 29.8 Å². The number of carbonyl (C=O) groups is 1. The van der Waals surface area contributed by atoms with Gasteiger partial charge < -0.3 is 20.3 Å². The van der Waals surface area contributed by atoms with E-state index >= 15 is 0 Å². The SMILES string of the molecule is CCNC(=NCc1ccc(NC(=O)OC)cc1)NC1CCN(C(C)C)CC1.I. The number of rotatable bonds is 6. The van der Waals surface area contributed by atoms with Crippen LogP contribution in [0.1, 0.15) is 39.2 Å². The maximum Gasteiger partial charge on any atom is 0.411 e. The van der Waals surface area contributed by atoms with Gasteiger partial charge in [-0.15, -0.1) is 24.0 Å². The minimum Gasteiger partial charge on any atom is -0.453 e. The highest BCUT2D eigenvalue weighted by molar-refractivity contribution is 14.0. The van der Waals surface area contributed by atoms with Crippen LogP contribution in [0, 0.1) is 0 Å². The van der Waals surface area contributed by atoms with Gasteiger partial charge >= 0.3 is 6.09 Å². The van der Waals surface area contributed by atoms with E-state index in [1.165, 1.54) is 7.11 Å². The van der Waals surface area contributed by atoms with Crippen molar-refractivity contribution in [3.63, 3.8) is 0 Å². The first-order valence-corrected chi connectivity index (χ1v) is 9.74. The molecule has 1 aromatic rings. The van der Waals surface area contributed by atoms with Crippen molar-refractivity contribution in [3.8, 4) is 0 Å². The van der Waals surface area contributed by atoms with Crippen LogP contribution in [0.15, 0.2) is 29.3 Å². The molecule has 8 heteroatoms. The Bertz CT molecular complexity index is 614. The third-order valence-electron chi connectivity index (χ3n) is 4.75. The Morgan fingerprint density at radius 3 is 2.43 bits per heavy atom. The number of halogens is 1. The minimum atomic E-state index is -0.470. The molecule has 1 aliphatic rings. The van der Waals surface area contributed by atoms with E-state index < -0.39 is 6.09 Å². The predicted molar refractivity (Wildman–Crippen MR) is 126 cm³/mol. The summed E-state index contributed by atoms with van der Waals surface area (Å²) in [5.41, 5.74) is 1.79. The van der Waals surface area contributed by atoms with Crippen LogP contribution in [-0.4, -0.2) is 55.8 Å². The van der Waals surface area contributed by atoms with Gasteiger partial charge in [0.25, 0.3) is 0 Å². The highest BCUT2D eigenvalue weighted by Crippen LogP contribution is 2.13. The zero-order chi connectivity index (χ0) is 19.6. The fourth-order valence-corrected chi connectivity index (χ4v) is 3.11. The molecule has 1 fully saturated rings. The van der Waals surface area contributed by atoms with Crippen LogP contribution in [-0.2, 0) is 11.3 Å². The van der Waals surface area contributed by atoms with E-state index in [9.17, 15) is 4.79 Å². The summed E-state index contributed by atoms with van der Waals surface area (Å²) in [6.45, 7) is 10.3. The lowest BCUT2D eigenvalue weighted by atomic mass is 10.0. The fourth-order valence-electron chi connectivity index (χ4n) is 3.11. The highest BCUT2D eigenvalue weighted by Gasteiger charge is 2.21.